The molecule has 1 aliphatic rings. The van der Waals surface area contributed by atoms with Gasteiger partial charge in [-0.05, 0) is 49.4 Å². The first-order valence-electron chi connectivity index (χ1n) is 5.59. The summed E-state index contributed by atoms with van der Waals surface area (Å²) in [6.45, 7) is 3.43. The van der Waals surface area contributed by atoms with Crippen molar-refractivity contribution in [1.82, 2.24) is 14.9 Å². The maximum atomic E-state index is 4.27. The quantitative estimate of drug-likeness (QED) is 0.841. The topological polar surface area (TPSA) is 41.1 Å². The fourth-order valence-electron chi connectivity index (χ4n) is 2.03. The van der Waals surface area contributed by atoms with Gasteiger partial charge in [-0.3, -0.25) is 0 Å². The number of piperidine rings is 1. The van der Waals surface area contributed by atoms with Crippen LogP contribution in [0.1, 0.15) is 19.8 Å². The van der Waals surface area contributed by atoms with Crippen molar-refractivity contribution in [3.63, 3.8) is 0 Å². The summed E-state index contributed by atoms with van der Waals surface area (Å²) in [6, 6.07) is 1.18. The van der Waals surface area contributed by atoms with Gasteiger partial charge in [0.2, 0.25) is 0 Å². The predicted molar refractivity (Wildman–Crippen MR) is 73.5 cm³/mol. The number of nitrogens with one attached hydrogen (secondary N) is 1. The van der Waals surface area contributed by atoms with Crippen molar-refractivity contribution in [3.8, 4) is 0 Å². The minimum absolute atomic E-state index is 0.537. The van der Waals surface area contributed by atoms with Crippen LogP contribution in [0, 0.1) is 3.57 Å². The predicted octanol–water partition coefficient (Wildman–Crippen LogP) is 1.98. The van der Waals surface area contributed by atoms with E-state index in [9.17, 15) is 0 Å². The molecule has 0 bridgehead atoms. The van der Waals surface area contributed by atoms with Gasteiger partial charge in [0.15, 0.2) is 0 Å². The van der Waals surface area contributed by atoms with Crippen molar-refractivity contribution in [2.45, 2.75) is 31.8 Å². The maximum Gasteiger partial charge on any atom is 0.143 e. The SMILES string of the molecule is CC1CC(Nc2ncncc2I)CCN1C. The van der Waals surface area contributed by atoms with E-state index in [1.54, 1.807) is 6.33 Å². The Bertz CT molecular complexity index is 358. The van der Waals surface area contributed by atoms with Crippen LogP contribution in [0.5, 0.6) is 0 Å². The van der Waals surface area contributed by atoms with Crippen LogP contribution < -0.4 is 5.32 Å². The third kappa shape index (κ3) is 2.82. The summed E-state index contributed by atoms with van der Waals surface area (Å²) in [5, 5.41) is 3.51. The second-order valence-electron chi connectivity index (χ2n) is 4.41. The maximum absolute atomic E-state index is 4.27. The Morgan fingerprint density at radius 2 is 2.38 bits per heavy atom. The monoisotopic (exact) mass is 332 g/mol. The van der Waals surface area contributed by atoms with E-state index in [1.165, 1.54) is 12.8 Å². The first-order valence-corrected chi connectivity index (χ1v) is 6.67. The van der Waals surface area contributed by atoms with Gasteiger partial charge in [-0.1, -0.05) is 0 Å². The molecule has 0 aliphatic carbocycles. The summed E-state index contributed by atoms with van der Waals surface area (Å²) >= 11 is 2.27. The Balaban J connectivity index is 1.98. The Morgan fingerprint density at radius 1 is 1.56 bits per heavy atom. The number of nitrogens with zero attached hydrogens (tertiary/aromatic N) is 3. The molecule has 1 N–H and O–H groups in total. The van der Waals surface area contributed by atoms with E-state index in [1.807, 2.05) is 6.20 Å². The number of hydrogen-bond acceptors (Lipinski definition) is 4. The fourth-order valence-corrected chi connectivity index (χ4v) is 2.49. The Labute approximate surface area is 110 Å². The minimum atomic E-state index is 0.537. The van der Waals surface area contributed by atoms with E-state index in [-0.39, 0.29) is 0 Å². The summed E-state index contributed by atoms with van der Waals surface area (Å²) in [5.41, 5.74) is 0. The lowest BCUT2D eigenvalue weighted by Crippen LogP contribution is -2.42. The molecule has 1 fully saturated rings. The average Bonchev–Trinajstić information content (AvgIpc) is 2.27. The lowest BCUT2D eigenvalue weighted by Gasteiger charge is -2.35. The molecule has 1 aromatic heterocycles. The van der Waals surface area contributed by atoms with Crippen LogP contribution in [-0.4, -0.2) is 40.5 Å². The standard InChI is InChI=1S/C11H17IN4/c1-8-5-9(3-4-16(8)2)15-11-10(12)6-13-7-14-11/h6-9H,3-5H2,1-2H3,(H,13,14,15). The van der Waals surface area contributed by atoms with Crippen LogP contribution in [0.15, 0.2) is 12.5 Å². The molecular weight excluding hydrogens is 315 g/mol. The van der Waals surface area contributed by atoms with E-state index in [0.717, 1.165) is 15.9 Å². The van der Waals surface area contributed by atoms with Crippen molar-refractivity contribution >= 4 is 28.4 Å². The summed E-state index contributed by atoms with van der Waals surface area (Å²) in [5.74, 6) is 0.970. The minimum Gasteiger partial charge on any atom is -0.366 e. The number of rotatable bonds is 2. The lowest BCUT2D eigenvalue weighted by molar-refractivity contribution is 0.190. The van der Waals surface area contributed by atoms with Crippen LogP contribution >= 0.6 is 22.6 Å². The Morgan fingerprint density at radius 3 is 3.06 bits per heavy atom. The van der Waals surface area contributed by atoms with Crippen LogP contribution in [0.3, 0.4) is 0 Å². The molecule has 0 spiro atoms. The van der Waals surface area contributed by atoms with Crippen LogP contribution in [0.25, 0.3) is 0 Å². The summed E-state index contributed by atoms with van der Waals surface area (Å²) < 4.78 is 1.09. The molecule has 4 nitrogen and oxygen atoms in total. The highest BCUT2D eigenvalue weighted by molar-refractivity contribution is 14.1. The summed E-state index contributed by atoms with van der Waals surface area (Å²) in [4.78, 5) is 10.7. The van der Waals surface area contributed by atoms with Gasteiger partial charge in [0.05, 0.1) is 3.57 Å². The first-order chi connectivity index (χ1) is 7.66. The smallest absolute Gasteiger partial charge is 0.143 e. The number of halogens is 1. The summed E-state index contributed by atoms with van der Waals surface area (Å²) in [6.07, 6.45) is 5.80. The van der Waals surface area contributed by atoms with E-state index >= 15 is 0 Å². The zero-order valence-corrected chi connectivity index (χ0v) is 11.8. The molecule has 0 amide bonds. The molecule has 5 heteroatoms. The van der Waals surface area contributed by atoms with Gasteiger partial charge in [-0.2, -0.15) is 0 Å². The van der Waals surface area contributed by atoms with Gasteiger partial charge < -0.3 is 10.2 Å². The van der Waals surface area contributed by atoms with E-state index in [0.29, 0.717) is 12.1 Å². The second-order valence-corrected chi connectivity index (χ2v) is 5.58. The van der Waals surface area contributed by atoms with Gasteiger partial charge in [-0.25, -0.2) is 9.97 Å². The molecule has 2 unspecified atom stereocenters. The van der Waals surface area contributed by atoms with Crippen molar-refractivity contribution < 1.29 is 0 Å². The third-order valence-corrected chi connectivity index (χ3v) is 4.01. The molecule has 16 heavy (non-hydrogen) atoms. The van der Waals surface area contributed by atoms with Gasteiger partial charge >= 0.3 is 0 Å². The fraction of sp³-hybridized carbons (Fsp3) is 0.636. The molecule has 0 aromatic carbocycles. The zero-order chi connectivity index (χ0) is 11.5. The molecule has 2 rings (SSSR count). The normalized spacial score (nSPS) is 26.7. The van der Waals surface area contributed by atoms with Gasteiger partial charge in [0, 0.05) is 24.8 Å². The number of likely N-dealkylation sites (tertiary alicyclic amines) is 1. The van der Waals surface area contributed by atoms with Crippen LogP contribution in [-0.2, 0) is 0 Å². The average molecular weight is 332 g/mol. The molecule has 1 saturated heterocycles. The van der Waals surface area contributed by atoms with E-state index < -0.39 is 0 Å². The number of hydrogen-bond donors (Lipinski definition) is 1. The molecule has 2 atom stereocenters. The van der Waals surface area contributed by atoms with Gasteiger partial charge in [0.1, 0.15) is 12.1 Å². The molecular formula is C11H17IN4. The van der Waals surface area contributed by atoms with Crippen molar-refractivity contribution in [2.24, 2.45) is 0 Å². The third-order valence-electron chi connectivity index (χ3n) is 3.22. The molecule has 2 heterocycles. The molecule has 1 aliphatic heterocycles. The van der Waals surface area contributed by atoms with E-state index in [4.69, 9.17) is 0 Å². The largest absolute Gasteiger partial charge is 0.366 e. The highest BCUT2D eigenvalue weighted by atomic mass is 127. The van der Waals surface area contributed by atoms with Crippen molar-refractivity contribution in [2.75, 3.05) is 18.9 Å². The molecule has 88 valence electrons. The first kappa shape index (κ1) is 12.0. The number of anilines is 1. The van der Waals surface area contributed by atoms with Crippen LogP contribution in [0.2, 0.25) is 0 Å². The second kappa shape index (κ2) is 5.27. The molecule has 0 radical (unpaired) electrons. The van der Waals surface area contributed by atoms with E-state index in [2.05, 4.69) is 56.7 Å². The van der Waals surface area contributed by atoms with Crippen molar-refractivity contribution in [3.05, 3.63) is 16.1 Å². The van der Waals surface area contributed by atoms with Gasteiger partial charge in [0.25, 0.3) is 0 Å². The summed E-state index contributed by atoms with van der Waals surface area (Å²) in [7, 11) is 2.19. The van der Waals surface area contributed by atoms with Crippen LogP contribution in [0.4, 0.5) is 5.82 Å². The lowest BCUT2D eigenvalue weighted by atomic mass is 9.99. The zero-order valence-electron chi connectivity index (χ0n) is 9.65. The Hall–Kier alpha value is -0.430. The Kier molecular flexibility index (Phi) is 3.96. The van der Waals surface area contributed by atoms with Gasteiger partial charge in [-0.15, -0.1) is 0 Å². The highest BCUT2D eigenvalue weighted by Gasteiger charge is 2.23. The highest BCUT2D eigenvalue weighted by Crippen LogP contribution is 2.21. The molecule has 1 aromatic rings. The molecule has 0 saturated carbocycles. The van der Waals surface area contributed by atoms with Crippen molar-refractivity contribution in [1.29, 1.82) is 0 Å². The number of aromatic nitrogens is 2.